The maximum atomic E-state index is 5.30. The first-order valence-corrected chi connectivity index (χ1v) is 7.03. The minimum absolute atomic E-state index is 0.652. The third-order valence-corrected chi connectivity index (χ3v) is 2.12. The predicted octanol–water partition coefficient (Wildman–Crippen LogP) is 4.90. The summed E-state index contributed by atoms with van der Waals surface area (Å²) in [5.74, 6) is 3.37. The first-order valence-electron chi connectivity index (χ1n) is 7.03. The van der Waals surface area contributed by atoms with Crippen molar-refractivity contribution in [2.45, 2.75) is 60.3 Å². The maximum absolute atomic E-state index is 5.30. The highest BCUT2D eigenvalue weighted by atomic mass is 16.4. The van der Waals surface area contributed by atoms with Gasteiger partial charge in [0.15, 0.2) is 12.3 Å². The fourth-order valence-electron chi connectivity index (χ4n) is 1.17. The molecule has 0 unspecified atom stereocenters. The first kappa shape index (κ1) is 17.4. The van der Waals surface area contributed by atoms with E-state index in [2.05, 4.69) is 9.97 Å². The Labute approximate surface area is 116 Å². The number of aryl methyl sites for hydroxylation is 2. The van der Waals surface area contributed by atoms with Crippen molar-refractivity contribution >= 4 is 0 Å². The summed E-state index contributed by atoms with van der Waals surface area (Å²) in [7, 11) is 0. The zero-order valence-electron chi connectivity index (χ0n) is 12.9. The molecule has 4 heteroatoms. The van der Waals surface area contributed by atoms with Crippen molar-refractivity contribution in [1.82, 2.24) is 9.97 Å². The fourth-order valence-corrected chi connectivity index (χ4v) is 1.17. The zero-order chi connectivity index (χ0) is 14.7. The molecule has 0 bridgehead atoms. The quantitative estimate of drug-likeness (QED) is 0.737. The average Bonchev–Trinajstić information content (AvgIpc) is 3.05. The van der Waals surface area contributed by atoms with Crippen LogP contribution in [0.15, 0.2) is 27.6 Å². The average molecular weight is 266 g/mol. The van der Waals surface area contributed by atoms with Gasteiger partial charge in [0.1, 0.15) is 11.5 Å². The van der Waals surface area contributed by atoms with Crippen LogP contribution >= 0.6 is 0 Å². The summed E-state index contributed by atoms with van der Waals surface area (Å²) in [6, 6.07) is 0. The molecule has 0 amide bonds. The molecule has 19 heavy (non-hydrogen) atoms. The van der Waals surface area contributed by atoms with E-state index >= 15 is 0 Å². The van der Waals surface area contributed by atoms with Crippen molar-refractivity contribution < 1.29 is 8.83 Å². The Hall–Kier alpha value is -1.58. The molecular weight excluding hydrogens is 240 g/mol. The minimum Gasteiger partial charge on any atom is -0.449 e. The monoisotopic (exact) mass is 266 g/mol. The lowest BCUT2D eigenvalue weighted by Crippen LogP contribution is -1.73. The summed E-state index contributed by atoms with van der Waals surface area (Å²) in [6.07, 6.45) is 7.39. The minimum atomic E-state index is 0.652. The van der Waals surface area contributed by atoms with Crippen LogP contribution in [0.3, 0.4) is 0 Å². The Morgan fingerprint density at radius 3 is 1.89 bits per heavy atom. The molecule has 3 rings (SSSR count). The van der Waals surface area contributed by atoms with E-state index in [1.165, 1.54) is 19.2 Å². The Balaban J connectivity index is 0.000000284. The van der Waals surface area contributed by atoms with Crippen LogP contribution in [0.25, 0.3) is 0 Å². The number of oxazole rings is 2. The number of hydrogen-bond donors (Lipinski definition) is 0. The maximum Gasteiger partial charge on any atom is 0.197 e. The second kappa shape index (κ2) is 10.4. The molecule has 0 spiro atoms. The molecule has 0 radical (unpaired) electrons. The third kappa shape index (κ3) is 7.44. The van der Waals surface area contributed by atoms with Gasteiger partial charge in [-0.3, -0.25) is 0 Å². The van der Waals surface area contributed by atoms with E-state index in [-0.39, 0.29) is 0 Å². The molecule has 1 aliphatic rings. The first-order chi connectivity index (χ1) is 9.25. The number of nitrogens with zero attached hydrogens (tertiary/aromatic N) is 2. The van der Waals surface area contributed by atoms with Gasteiger partial charge in [-0.05, 0) is 26.7 Å². The molecule has 0 aliphatic heterocycles. The summed E-state index contributed by atoms with van der Waals surface area (Å²) in [6.45, 7) is 11.8. The van der Waals surface area contributed by atoms with Gasteiger partial charge in [0.25, 0.3) is 0 Å². The second-order valence-corrected chi connectivity index (χ2v) is 3.70. The van der Waals surface area contributed by atoms with Gasteiger partial charge in [-0.1, -0.05) is 27.7 Å². The lowest BCUT2D eigenvalue weighted by atomic mass is 10.4. The van der Waals surface area contributed by atoms with Gasteiger partial charge < -0.3 is 8.83 Å². The van der Waals surface area contributed by atoms with Gasteiger partial charge in [0.05, 0.1) is 12.4 Å². The molecule has 1 saturated carbocycles. The molecular formula is C15H26N2O2. The van der Waals surface area contributed by atoms with Gasteiger partial charge in [-0.25, -0.2) is 9.97 Å². The fraction of sp³-hybridized carbons (Fsp3) is 0.600. The van der Waals surface area contributed by atoms with Crippen molar-refractivity contribution in [1.29, 1.82) is 0 Å². The smallest absolute Gasteiger partial charge is 0.197 e. The van der Waals surface area contributed by atoms with Gasteiger partial charge in [0, 0.05) is 5.92 Å². The highest BCUT2D eigenvalue weighted by Gasteiger charge is 2.27. The van der Waals surface area contributed by atoms with Crippen LogP contribution in [0.2, 0.25) is 0 Å². The molecule has 108 valence electrons. The van der Waals surface area contributed by atoms with Crippen molar-refractivity contribution in [3.8, 4) is 0 Å². The molecule has 2 aromatic rings. The Morgan fingerprint density at radius 2 is 1.63 bits per heavy atom. The summed E-state index contributed by atoms with van der Waals surface area (Å²) in [5.41, 5.74) is 0. The molecule has 0 N–H and O–H groups in total. The van der Waals surface area contributed by atoms with E-state index in [1.807, 2.05) is 41.5 Å². The van der Waals surface area contributed by atoms with Gasteiger partial charge in [0.2, 0.25) is 0 Å². The van der Waals surface area contributed by atoms with Crippen molar-refractivity contribution in [3.63, 3.8) is 0 Å². The topological polar surface area (TPSA) is 52.1 Å². The zero-order valence-corrected chi connectivity index (χ0v) is 12.9. The van der Waals surface area contributed by atoms with Crippen LogP contribution in [0, 0.1) is 13.8 Å². The summed E-state index contributed by atoms with van der Waals surface area (Å²) in [5, 5.41) is 0. The van der Waals surface area contributed by atoms with Crippen LogP contribution in [0.1, 0.15) is 63.9 Å². The summed E-state index contributed by atoms with van der Waals surface area (Å²) >= 11 is 0. The molecule has 0 saturated heterocycles. The number of hydrogen-bond acceptors (Lipinski definition) is 4. The third-order valence-electron chi connectivity index (χ3n) is 2.12. The highest BCUT2D eigenvalue weighted by molar-refractivity contribution is 5.03. The number of aromatic nitrogens is 2. The normalized spacial score (nSPS) is 12.1. The molecule has 0 atom stereocenters. The Morgan fingerprint density at radius 1 is 1.00 bits per heavy atom. The van der Waals surface area contributed by atoms with E-state index in [1.54, 1.807) is 12.4 Å². The van der Waals surface area contributed by atoms with E-state index < -0.39 is 0 Å². The molecule has 1 aliphatic carbocycles. The molecule has 0 aromatic carbocycles. The van der Waals surface area contributed by atoms with E-state index in [4.69, 9.17) is 8.83 Å². The predicted molar refractivity (Wildman–Crippen MR) is 77.2 cm³/mol. The number of rotatable bonds is 1. The SMILES string of the molecule is CC.CC.Cc1cnc(C2CC2)o1.Cc1cnco1. The standard InChI is InChI=1S/C7H9NO.C4H5NO.2C2H6/c1-5-4-8-7(9-5)6-2-3-6;1-4-2-5-3-6-4;2*1-2/h4,6H,2-3H2,1H3;2-3H,1H3;2*1-2H3. The summed E-state index contributed by atoms with van der Waals surface area (Å²) < 4.78 is 10.0. The van der Waals surface area contributed by atoms with Crippen molar-refractivity contribution in [2.75, 3.05) is 0 Å². The van der Waals surface area contributed by atoms with Gasteiger partial charge in [-0.2, -0.15) is 0 Å². The second-order valence-electron chi connectivity index (χ2n) is 3.70. The van der Waals surface area contributed by atoms with E-state index in [0.29, 0.717) is 5.92 Å². The van der Waals surface area contributed by atoms with Gasteiger partial charge in [-0.15, -0.1) is 0 Å². The molecule has 4 nitrogen and oxygen atoms in total. The summed E-state index contributed by atoms with van der Waals surface area (Å²) in [4.78, 5) is 7.77. The van der Waals surface area contributed by atoms with Crippen molar-refractivity contribution in [3.05, 3.63) is 36.2 Å². The lowest BCUT2D eigenvalue weighted by molar-refractivity contribution is 0.473. The lowest BCUT2D eigenvalue weighted by Gasteiger charge is -1.83. The van der Waals surface area contributed by atoms with E-state index in [9.17, 15) is 0 Å². The van der Waals surface area contributed by atoms with Crippen LogP contribution in [0.5, 0.6) is 0 Å². The van der Waals surface area contributed by atoms with Crippen molar-refractivity contribution in [2.24, 2.45) is 0 Å². The van der Waals surface area contributed by atoms with Crippen LogP contribution in [0.4, 0.5) is 0 Å². The Kier molecular flexibility index (Phi) is 9.49. The molecule has 1 fully saturated rings. The van der Waals surface area contributed by atoms with Gasteiger partial charge >= 0.3 is 0 Å². The van der Waals surface area contributed by atoms with E-state index in [0.717, 1.165) is 17.4 Å². The van der Waals surface area contributed by atoms with Crippen LogP contribution in [-0.2, 0) is 0 Å². The van der Waals surface area contributed by atoms with Crippen LogP contribution < -0.4 is 0 Å². The largest absolute Gasteiger partial charge is 0.449 e. The van der Waals surface area contributed by atoms with Crippen LogP contribution in [-0.4, -0.2) is 9.97 Å². The highest BCUT2D eigenvalue weighted by Crippen LogP contribution is 2.39. The Bertz CT molecular complexity index is 403. The molecule has 2 aromatic heterocycles. The molecule has 2 heterocycles.